The van der Waals surface area contributed by atoms with Crippen molar-refractivity contribution in [2.24, 2.45) is 0 Å². The number of nitrogens with one attached hydrogen (secondary N) is 2. The topological polar surface area (TPSA) is 115 Å². The Balaban J connectivity index is 1.42. The van der Waals surface area contributed by atoms with Gasteiger partial charge in [-0.1, -0.05) is 18.0 Å². The Morgan fingerprint density at radius 1 is 1.16 bits per heavy atom. The Bertz CT molecular complexity index is 1510. The van der Waals surface area contributed by atoms with Gasteiger partial charge in [0.25, 0.3) is 0 Å². The summed E-state index contributed by atoms with van der Waals surface area (Å²) in [7, 11) is 0. The minimum Gasteiger partial charge on any atom is -0.344 e. The number of anilines is 1. The van der Waals surface area contributed by atoms with E-state index < -0.39 is 11.9 Å². The molecule has 11 heteroatoms. The zero-order chi connectivity index (χ0) is 26.5. The molecule has 4 aromatic rings. The van der Waals surface area contributed by atoms with Gasteiger partial charge in [-0.15, -0.1) is 5.10 Å². The lowest BCUT2D eigenvalue weighted by Gasteiger charge is -2.20. The first-order valence-electron chi connectivity index (χ1n) is 12.0. The molecule has 2 aromatic heterocycles. The summed E-state index contributed by atoms with van der Waals surface area (Å²) in [4.78, 5) is 30.0. The third kappa shape index (κ3) is 5.92. The number of nitrogens with zero attached hydrogens (tertiary/aromatic N) is 5. The van der Waals surface area contributed by atoms with Crippen LogP contribution in [-0.2, 0) is 9.59 Å². The summed E-state index contributed by atoms with van der Waals surface area (Å²) < 4.78 is 15.4. The first-order valence-corrected chi connectivity index (χ1v) is 12.4. The number of hydrogen-bond acceptors (Lipinski definition) is 6. The van der Waals surface area contributed by atoms with E-state index >= 15 is 0 Å². The molecule has 0 aliphatic carbocycles. The molecular formula is C27H23ClFN7O2. The summed E-state index contributed by atoms with van der Waals surface area (Å²) in [5.41, 5.74) is 3.82. The van der Waals surface area contributed by atoms with Crippen molar-refractivity contribution in [3.63, 3.8) is 0 Å². The molecule has 192 valence electrons. The second-order valence-electron chi connectivity index (χ2n) is 8.81. The molecule has 0 saturated carbocycles. The Kier molecular flexibility index (Phi) is 7.50. The Labute approximate surface area is 222 Å². The van der Waals surface area contributed by atoms with Gasteiger partial charge in [0.15, 0.2) is 0 Å². The number of hydrogen-bond donors (Lipinski definition) is 2. The maximum atomic E-state index is 13.9. The molecule has 0 saturated heterocycles. The van der Waals surface area contributed by atoms with Crippen LogP contribution in [0.25, 0.3) is 22.9 Å². The van der Waals surface area contributed by atoms with Crippen LogP contribution in [0.1, 0.15) is 43.0 Å². The van der Waals surface area contributed by atoms with Crippen LogP contribution >= 0.6 is 11.6 Å². The van der Waals surface area contributed by atoms with E-state index in [1.54, 1.807) is 42.6 Å². The van der Waals surface area contributed by atoms with E-state index in [9.17, 15) is 14.0 Å². The van der Waals surface area contributed by atoms with Gasteiger partial charge in [0.1, 0.15) is 12.1 Å². The smallest absolute Gasteiger partial charge is 0.244 e. The zero-order valence-corrected chi connectivity index (χ0v) is 20.9. The number of aromatic nitrogens is 5. The highest BCUT2D eigenvalue weighted by Gasteiger charge is 2.19. The van der Waals surface area contributed by atoms with Crippen LogP contribution in [0.2, 0.25) is 5.02 Å². The number of tetrazole rings is 1. The van der Waals surface area contributed by atoms with Gasteiger partial charge < -0.3 is 10.6 Å². The Hall–Kier alpha value is -4.44. The number of fused-ring (bicyclic) bond motifs is 4. The number of carbonyl (C=O) groups excluding carboxylic acids is 2. The van der Waals surface area contributed by atoms with Crippen molar-refractivity contribution in [1.29, 1.82) is 0 Å². The third-order valence-corrected chi connectivity index (χ3v) is 6.40. The van der Waals surface area contributed by atoms with Crippen LogP contribution in [0.3, 0.4) is 0 Å². The molecule has 1 aliphatic heterocycles. The second-order valence-corrected chi connectivity index (χ2v) is 9.24. The monoisotopic (exact) mass is 531 g/mol. The fourth-order valence-electron chi connectivity index (χ4n) is 4.34. The van der Waals surface area contributed by atoms with Crippen molar-refractivity contribution in [2.75, 3.05) is 5.32 Å². The average molecular weight is 532 g/mol. The SMILES string of the molecule is O=C(/C=C/c1cc(Cl)ccc1-n1cnnn1)NC1CCCCC(=O)Nc2cc(F)ccc2-c2ccnc1c2. The summed E-state index contributed by atoms with van der Waals surface area (Å²) in [6, 6.07) is 12.7. The Morgan fingerprint density at radius 3 is 2.89 bits per heavy atom. The molecule has 0 spiro atoms. The molecule has 2 bridgehead atoms. The quantitative estimate of drug-likeness (QED) is 0.362. The lowest BCUT2D eigenvalue weighted by atomic mass is 9.98. The van der Waals surface area contributed by atoms with Crippen molar-refractivity contribution in [3.05, 3.63) is 89.2 Å². The molecule has 1 aliphatic rings. The van der Waals surface area contributed by atoms with Crippen molar-refractivity contribution >= 4 is 35.2 Å². The molecule has 3 heterocycles. The maximum absolute atomic E-state index is 13.9. The molecule has 0 fully saturated rings. The van der Waals surface area contributed by atoms with Gasteiger partial charge in [-0.25, -0.2) is 4.39 Å². The van der Waals surface area contributed by atoms with Gasteiger partial charge in [-0.2, -0.15) is 4.68 Å². The summed E-state index contributed by atoms with van der Waals surface area (Å²) >= 11 is 6.18. The van der Waals surface area contributed by atoms with E-state index in [2.05, 4.69) is 31.1 Å². The number of pyridine rings is 1. The molecule has 5 rings (SSSR count). The first kappa shape index (κ1) is 25.2. The number of benzene rings is 2. The highest BCUT2D eigenvalue weighted by Crippen LogP contribution is 2.32. The van der Waals surface area contributed by atoms with Crippen molar-refractivity contribution < 1.29 is 14.0 Å². The molecule has 1 unspecified atom stereocenters. The van der Waals surface area contributed by atoms with Crippen LogP contribution in [0.4, 0.5) is 10.1 Å². The molecule has 9 nitrogen and oxygen atoms in total. The van der Waals surface area contributed by atoms with Crippen LogP contribution in [0, 0.1) is 5.82 Å². The fraction of sp³-hybridized carbons (Fsp3) is 0.185. The lowest BCUT2D eigenvalue weighted by molar-refractivity contribution is -0.118. The number of carbonyl (C=O) groups is 2. The Morgan fingerprint density at radius 2 is 2.05 bits per heavy atom. The van der Waals surface area contributed by atoms with E-state index in [-0.39, 0.29) is 18.2 Å². The van der Waals surface area contributed by atoms with Gasteiger partial charge in [-0.05, 0) is 83.4 Å². The predicted molar refractivity (Wildman–Crippen MR) is 141 cm³/mol. The van der Waals surface area contributed by atoms with Crippen LogP contribution in [0.5, 0.6) is 0 Å². The van der Waals surface area contributed by atoms with E-state index in [4.69, 9.17) is 11.6 Å². The van der Waals surface area contributed by atoms with Crippen LogP contribution in [-0.4, -0.2) is 37.0 Å². The largest absolute Gasteiger partial charge is 0.344 e. The average Bonchev–Trinajstić information content (AvgIpc) is 3.44. The second kappa shape index (κ2) is 11.3. The highest BCUT2D eigenvalue weighted by atomic mass is 35.5. The summed E-state index contributed by atoms with van der Waals surface area (Å²) in [6.45, 7) is 0. The van der Waals surface area contributed by atoms with E-state index in [0.29, 0.717) is 52.5 Å². The molecular weight excluding hydrogens is 509 g/mol. The minimum atomic E-state index is -0.440. The van der Waals surface area contributed by atoms with Crippen LogP contribution < -0.4 is 10.6 Å². The molecule has 1 atom stereocenters. The minimum absolute atomic E-state index is 0.185. The third-order valence-electron chi connectivity index (χ3n) is 6.17. The van der Waals surface area contributed by atoms with Gasteiger partial charge in [0.2, 0.25) is 11.8 Å². The van der Waals surface area contributed by atoms with Gasteiger partial charge in [0, 0.05) is 34.8 Å². The molecule has 2 aromatic carbocycles. The molecule has 0 radical (unpaired) electrons. The number of halogens is 2. The van der Waals surface area contributed by atoms with Crippen molar-refractivity contribution in [2.45, 2.75) is 31.7 Å². The standard InChI is InChI=1S/C27H23ClFN7O2/c28-19-6-9-25(36-16-31-34-35-36)18(13-19)5-10-27(38)32-22-3-1-2-4-26(37)33-23-15-20(29)7-8-21(23)17-11-12-30-24(22)14-17/h5-16,22H,1-4H2,(H,32,38)(H,33,37)/b10-5+. The first-order chi connectivity index (χ1) is 18.5. The summed E-state index contributed by atoms with van der Waals surface area (Å²) in [5, 5.41) is 17.6. The maximum Gasteiger partial charge on any atom is 0.244 e. The van der Waals surface area contributed by atoms with E-state index in [1.165, 1.54) is 29.2 Å². The van der Waals surface area contributed by atoms with Crippen LogP contribution in [0.15, 0.2) is 67.1 Å². The van der Waals surface area contributed by atoms with E-state index in [1.807, 2.05) is 6.07 Å². The van der Waals surface area contributed by atoms with Crippen molar-refractivity contribution in [3.8, 4) is 16.8 Å². The molecule has 2 N–H and O–H groups in total. The zero-order valence-electron chi connectivity index (χ0n) is 20.1. The number of rotatable bonds is 4. The van der Waals surface area contributed by atoms with Gasteiger partial charge >= 0.3 is 0 Å². The normalized spacial score (nSPS) is 15.7. The highest BCUT2D eigenvalue weighted by molar-refractivity contribution is 6.30. The number of amides is 2. The van der Waals surface area contributed by atoms with E-state index in [0.717, 1.165) is 5.56 Å². The van der Waals surface area contributed by atoms with Gasteiger partial charge in [0.05, 0.1) is 23.1 Å². The van der Waals surface area contributed by atoms with Gasteiger partial charge in [-0.3, -0.25) is 14.6 Å². The van der Waals surface area contributed by atoms with Crippen molar-refractivity contribution in [1.82, 2.24) is 30.5 Å². The predicted octanol–water partition coefficient (Wildman–Crippen LogP) is 4.90. The fourth-order valence-corrected chi connectivity index (χ4v) is 4.52. The molecule has 38 heavy (non-hydrogen) atoms. The summed E-state index contributed by atoms with van der Waals surface area (Å²) in [5.74, 6) is -0.947. The molecule has 2 amide bonds. The summed E-state index contributed by atoms with van der Waals surface area (Å²) in [6.07, 6.45) is 8.33. The lowest BCUT2D eigenvalue weighted by Crippen LogP contribution is -2.27.